The van der Waals surface area contributed by atoms with Crippen LogP contribution < -0.4 is 21.0 Å². The Labute approximate surface area is 213 Å². The molecule has 0 bridgehead atoms. The van der Waals surface area contributed by atoms with Crippen LogP contribution >= 0.6 is 27.7 Å². The second-order valence-electron chi connectivity index (χ2n) is 7.85. The van der Waals surface area contributed by atoms with E-state index in [0.717, 1.165) is 15.7 Å². The number of nitrogens with zero attached hydrogens (tertiary/aromatic N) is 1. The average Bonchev–Trinajstić information content (AvgIpc) is 2.82. The van der Waals surface area contributed by atoms with Crippen molar-refractivity contribution in [3.63, 3.8) is 0 Å². The largest absolute Gasteiger partial charge is 0.378 e. The molecule has 2 rings (SSSR count). The minimum absolute atomic E-state index is 0.192. The van der Waals surface area contributed by atoms with Gasteiger partial charge in [0.05, 0.1) is 0 Å². The summed E-state index contributed by atoms with van der Waals surface area (Å²) in [6.07, 6.45) is 1.41. The number of hydroxylamine groups is 1. The lowest BCUT2D eigenvalue weighted by molar-refractivity contribution is -0.129. The third-order valence-corrected chi connectivity index (χ3v) is 6.61. The van der Waals surface area contributed by atoms with Crippen molar-refractivity contribution in [3.8, 4) is 0 Å². The van der Waals surface area contributed by atoms with Crippen molar-refractivity contribution in [1.82, 2.24) is 16.1 Å². The van der Waals surface area contributed by atoms with E-state index in [1.807, 2.05) is 55.4 Å². The van der Waals surface area contributed by atoms with E-state index < -0.39 is 11.9 Å². The lowest BCUT2D eigenvalue weighted by Gasteiger charge is -2.19. The van der Waals surface area contributed by atoms with Gasteiger partial charge >= 0.3 is 0 Å². The zero-order valence-electron chi connectivity index (χ0n) is 19.3. The third-order valence-electron chi connectivity index (χ3n) is 4.97. The van der Waals surface area contributed by atoms with Gasteiger partial charge in [-0.05, 0) is 60.6 Å². The van der Waals surface area contributed by atoms with Crippen molar-refractivity contribution in [2.75, 3.05) is 37.0 Å². The number of nitrogens with one attached hydrogen (secondary N) is 3. The van der Waals surface area contributed by atoms with Gasteiger partial charge in [0, 0.05) is 48.5 Å². The molecule has 0 fully saturated rings. The molecule has 0 radical (unpaired) electrons. The van der Waals surface area contributed by atoms with Gasteiger partial charge in [0.1, 0.15) is 6.04 Å². The highest BCUT2D eigenvalue weighted by molar-refractivity contribution is 9.10. The number of benzene rings is 2. The lowest BCUT2D eigenvalue weighted by atomic mass is 10.1. The van der Waals surface area contributed by atoms with Crippen LogP contribution in [0.3, 0.4) is 0 Å². The van der Waals surface area contributed by atoms with E-state index >= 15 is 0 Å². The molecule has 0 aromatic heterocycles. The molecular formula is C24H31BrN4O4S. The molecule has 0 unspecified atom stereocenters. The van der Waals surface area contributed by atoms with Gasteiger partial charge in [-0.3, -0.25) is 19.6 Å². The molecule has 34 heavy (non-hydrogen) atoms. The Hall–Kier alpha value is -2.56. The summed E-state index contributed by atoms with van der Waals surface area (Å²) in [5, 5.41) is 14.3. The van der Waals surface area contributed by atoms with Crippen molar-refractivity contribution >= 4 is 51.1 Å². The molecular weight excluding hydrogens is 520 g/mol. The van der Waals surface area contributed by atoms with Crippen LogP contribution in [0.4, 0.5) is 5.69 Å². The van der Waals surface area contributed by atoms with Gasteiger partial charge in [-0.1, -0.05) is 28.1 Å². The van der Waals surface area contributed by atoms with Crippen LogP contribution in [0.1, 0.15) is 28.8 Å². The number of rotatable bonds is 13. The van der Waals surface area contributed by atoms with Gasteiger partial charge in [-0.15, -0.1) is 0 Å². The molecule has 0 saturated carbocycles. The maximum Gasteiger partial charge on any atom is 0.251 e. The molecule has 2 aromatic rings. The fraction of sp³-hybridized carbons (Fsp3) is 0.375. The van der Waals surface area contributed by atoms with Crippen molar-refractivity contribution in [2.24, 2.45) is 0 Å². The van der Waals surface area contributed by atoms with Gasteiger partial charge in [-0.2, -0.15) is 11.8 Å². The number of carbonyl (C=O) groups is 3. The molecule has 8 nitrogen and oxygen atoms in total. The third kappa shape index (κ3) is 9.74. The van der Waals surface area contributed by atoms with E-state index in [1.54, 1.807) is 17.6 Å². The molecule has 0 spiro atoms. The maximum atomic E-state index is 12.9. The highest BCUT2D eigenvalue weighted by Gasteiger charge is 2.21. The monoisotopic (exact) mass is 550 g/mol. The Morgan fingerprint density at radius 3 is 2.50 bits per heavy atom. The predicted molar refractivity (Wildman–Crippen MR) is 139 cm³/mol. The molecule has 0 aliphatic carbocycles. The Morgan fingerprint density at radius 2 is 1.85 bits per heavy atom. The Kier molecular flexibility index (Phi) is 11.9. The molecule has 0 heterocycles. The van der Waals surface area contributed by atoms with Crippen LogP contribution in [0.15, 0.2) is 53.0 Å². The number of amides is 3. The topological polar surface area (TPSA) is 111 Å². The molecule has 184 valence electrons. The molecule has 0 saturated heterocycles. The Balaban J connectivity index is 1.95. The number of carbonyl (C=O) groups excluding carboxylic acids is 3. The first-order chi connectivity index (χ1) is 16.3. The number of hydrogen-bond acceptors (Lipinski definition) is 6. The van der Waals surface area contributed by atoms with E-state index in [9.17, 15) is 14.4 Å². The standard InChI is InChI=1S/C24H31BrN4O4S/c1-29(2)20-10-8-18(9-11-20)23(31)27-21(16-34-14-4-7-22(30)28-33)24(32)26-13-12-17-5-3-6-19(25)15-17/h3,5-6,8-11,15,21,33H,4,7,12-14,16H2,1-2H3,(H,26,32)(H,27,31)(H,28,30)/t21-/m0/s1. The van der Waals surface area contributed by atoms with Crippen molar-refractivity contribution < 1.29 is 19.6 Å². The van der Waals surface area contributed by atoms with Gasteiger partial charge < -0.3 is 15.5 Å². The molecule has 3 amide bonds. The van der Waals surface area contributed by atoms with Crippen molar-refractivity contribution in [1.29, 1.82) is 0 Å². The first kappa shape index (κ1) is 27.7. The second-order valence-corrected chi connectivity index (χ2v) is 9.92. The molecule has 0 aliphatic heterocycles. The number of hydrogen-bond donors (Lipinski definition) is 4. The lowest BCUT2D eigenvalue weighted by Crippen LogP contribution is -2.48. The minimum Gasteiger partial charge on any atom is -0.378 e. The SMILES string of the molecule is CN(C)c1ccc(C(=O)N[C@@H](CSCCCC(=O)NO)C(=O)NCCc2cccc(Br)c2)cc1. The average molecular weight is 552 g/mol. The van der Waals surface area contributed by atoms with Gasteiger partial charge in [-0.25, -0.2) is 5.48 Å². The first-order valence-electron chi connectivity index (χ1n) is 10.9. The van der Waals surface area contributed by atoms with Gasteiger partial charge in [0.2, 0.25) is 11.8 Å². The zero-order chi connectivity index (χ0) is 24.9. The quantitative estimate of drug-likeness (QED) is 0.173. The van der Waals surface area contributed by atoms with Crippen LogP contribution in [0.25, 0.3) is 0 Å². The van der Waals surface area contributed by atoms with Crippen molar-refractivity contribution in [3.05, 3.63) is 64.1 Å². The molecule has 2 aromatic carbocycles. The summed E-state index contributed by atoms with van der Waals surface area (Å²) in [4.78, 5) is 38.8. The van der Waals surface area contributed by atoms with Gasteiger partial charge in [0.15, 0.2) is 0 Å². The summed E-state index contributed by atoms with van der Waals surface area (Å²) in [7, 11) is 3.84. The fourth-order valence-electron chi connectivity index (χ4n) is 3.07. The van der Waals surface area contributed by atoms with Crippen molar-refractivity contribution in [2.45, 2.75) is 25.3 Å². The summed E-state index contributed by atoms with van der Waals surface area (Å²) in [5.41, 5.74) is 4.14. The fourth-order valence-corrected chi connectivity index (χ4v) is 4.51. The molecule has 10 heteroatoms. The molecule has 4 N–H and O–H groups in total. The second kappa shape index (κ2) is 14.6. The van der Waals surface area contributed by atoms with E-state index in [2.05, 4.69) is 26.6 Å². The summed E-state index contributed by atoms with van der Waals surface area (Å²) in [6, 6.07) is 14.3. The van der Waals surface area contributed by atoms with Crippen LogP contribution in [0, 0.1) is 0 Å². The highest BCUT2D eigenvalue weighted by Crippen LogP contribution is 2.14. The van der Waals surface area contributed by atoms with E-state index in [4.69, 9.17) is 5.21 Å². The van der Waals surface area contributed by atoms with E-state index in [0.29, 0.717) is 36.5 Å². The van der Waals surface area contributed by atoms with Gasteiger partial charge in [0.25, 0.3) is 5.91 Å². The maximum absolute atomic E-state index is 12.9. The first-order valence-corrected chi connectivity index (χ1v) is 12.9. The summed E-state index contributed by atoms with van der Waals surface area (Å²) >= 11 is 4.91. The smallest absolute Gasteiger partial charge is 0.251 e. The number of anilines is 1. The van der Waals surface area contributed by atoms with Crippen LogP contribution in [-0.4, -0.2) is 61.1 Å². The number of halogens is 1. The Bertz CT molecular complexity index is 956. The number of thioether (sulfide) groups is 1. The van der Waals surface area contributed by atoms with Crippen LogP contribution in [0.2, 0.25) is 0 Å². The minimum atomic E-state index is -0.722. The van der Waals surface area contributed by atoms with Crippen LogP contribution in [0.5, 0.6) is 0 Å². The van der Waals surface area contributed by atoms with Crippen LogP contribution in [-0.2, 0) is 16.0 Å². The summed E-state index contributed by atoms with van der Waals surface area (Å²) in [6.45, 7) is 0.445. The summed E-state index contributed by atoms with van der Waals surface area (Å²) in [5.74, 6) is -0.0448. The summed E-state index contributed by atoms with van der Waals surface area (Å²) < 4.78 is 0.980. The normalized spacial score (nSPS) is 11.4. The molecule has 0 aliphatic rings. The van der Waals surface area contributed by atoms with E-state index in [1.165, 1.54) is 11.8 Å². The Morgan fingerprint density at radius 1 is 1.12 bits per heavy atom. The molecule has 1 atom stereocenters. The predicted octanol–water partition coefficient (Wildman–Crippen LogP) is 2.99. The zero-order valence-corrected chi connectivity index (χ0v) is 21.7. The highest BCUT2D eigenvalue weighted by atomic mass is 79.9. The van der Waals surface area contributed by atoms with E-state index in [-0.39, 0.29) is 18.2 Å².